The van der Waals surface area contributed by atoms with Crippen molar-refractivity contribution in [2.24, 2.45) is 0 Å². The monoisotopic (exact) mass is 1090 g/mol. The second kappa shape index (κ2) is 23.5. The summed E-state index contributed by atoms with van der Waals surface area (Å²) in [6.07, 6.45) is 0. The number of hydrogen-bond acceptors (Lipinski definition) is 13. The Morgan fingerprint density at radius 1 is 0.418 bits per heavy atom. The van der Waals surface area contributed by atoms with Crippen LogP contribution in [0.5, 0.6) is 40.2 Å². The van der Waals surface area contributed by atoms with Crippen LogP contribution in [0.3, 0.4) is 0 Å². The summed E-state index contributed by atoms with van der Waals surface area (Å²) in [5.41, 5.74) is 5.41. The fourth-order valence-electron chi connectivity index (χ4n) is 8.86. The smallest absolute Gasteiger partial charge is 0.294 e. The highest BCUT2D eigenvalue weighted by atomic mass is 32.2. The quantitative estimate of drug-likeness (QED) is 0.0228. The lowest BCUT2D eigenvalue weighted by molar-refractivity contribution is -0.432. The summed E-state index contributed by atoms with van der Waals surface area (Å²) >= 11 is 0.586. The molecule has 0 aliphatic heterocycles. The Balaban J connectivity index is 0.787. The molecular formula is C64H52O13S2. The van der Waals surface area contributed by atoms with E-state index < -0.39 is 26.2 Å². The second-order valence-corrected chi connectivity index (χ2v) is 21.5. The van der Waals surface area contributed by atoms with Crippen molar-refractivity contribution >= 4 is 39.5 Å². The molecule has 2 N–H and O–H groups in total. The summed E-state index contributed by atoms with van der Waals surface area (Å²) in [5.74, 6) is 2.91. The summed E-state index contributed by atoms with van der Waals surface area (Å²) in [6.45, 7) is 8.52. The molecule has 0 unspecified atom stereocenters. The Bertz CT molecular complexity index is 3760. The predicted molar refractivity (Wildman–Crippen MR) is 300 cm³/mol. The zero-order valence-electron chi connectivity index (χ0n) is 43.4. The first-order valence-electron chi connectivity index (χ1n) is 24.7. The Labute approximate surface area is 461 Å². The molecule has 0 saturated heterocycles. The van der Waals surface area contributed by atoms with E-state index in [1.165, 1.54) is 36.4 Å². The molecule has 9 rings (SSSR count). The Morgan fingerprint density at radius 3 is 1.16 bits per heavy atom. The lowest BCUT2D eigenvalue weighted by Gasteiger charge is -2.26. The van der Waals surface area contributed by atoms with Crippen LogP contribution in [-0.4, -0.2) is 42.7 Å². The number of methoxy groups -OCH3 is 1. The van der Waals surface area contributed by atoms with Gasteiger partial charge >= 0.3 is 0 Å². The van der Waals surface area contributed by atoms with Gasteiger partial charge < -0.3 is 18.9 Å². The van der Waals surface area contributed by atoms with Gasteiger partial charge in [-0.1, -0.05) is 112 Å². The van der Waals surface area contributed by atoms with Gasteiger partial charge in [0.05, 0.1) is 28.9 Å². The molecule has 79 heavy (non-hydrogen) atoms. The number of carbonyl (C=O) groups excluding carboxylic acids is 3. The van der Waals surface area contributed by atoms with Gasteiger partial charge in [0.25, 0.3) is 10.1 Å². The van der Waals surface area contributed by atoms with E-state index in [0.29, 0.717) is 63.0 Å². The van der Waals surface area contributed by atoms with Crippen LogP contribution in [-0.2, 0) is 30.3 Å². The van der Waals surface area contributed by atoms with Gasteiger partial charge in [-0.3, -0.25) is 18.9 Å². The largest absolute Gasteiger partial charge is 0.497 e. The molecule has 0 spiro atoms. The maximum absolute atomic E-state index is 13.7. The van der Waals surface area contributed by atoms with Crippen molar-refractivity contribution in [1.29, 1.82) is 0 Å². The Hall–Kier alpha value is -8.67. The molecule has 0 aliphatic rings. The van der Waals surface area contributed by atoms with E-state index in [9.17, 15) is 27.4 Å². The summed E-state index contributed by atoms with van der Waals surface area (Å²) in [4.78, 5) is 40.5. The topological polar surface area (TPSA) is 181 Å². The third-order valence-electron chi connectivity index (χ3n) is 13.6. The van der Waals surface area contributed by atoms with Gasteiger partial charge in [0.2, 0.25) is 0 Å². The zero-order valence-corrected chi connectivity index (χ0v) is 45.0. The first kappa shape index (κ1) is 55.1. The van der Waals surface area contributed by atoms with Crippen molar-refractivity contribution in [3.63, 3.8) is 0 Å². The van der Waals surface area contributed by atoms with E-state index in [0.717, 1.165) is 34.1 Å². The standard InChI is InChI=1S/C64H52O13S2/c1-63(2,47-17-29-51(72-5)30-18-47)48-19-31-54(32-20-48)73-52-25-12-41(13-26-52)60(65)43-8-6-9-44(38-43)61(66)42-14-27-53(28-15-42)74-55-33-21-49(22-34-55)64(3,4)50-23-35-56(36-24-50)75-58-37-16-46(40-59(58)78-77-76-68)62(67)45-10-7-11-57(39-45)79(69,70)71/h6-40,68H,1-5H3,(H,69,70,71). The first-order valence-corrected chi connectivity index (χ1v) is 26.9. The average molecular weight is 1090 g/mol. The fraction of sp³-hybridized carbons (Fsp3) is 0.109. The van der Waals surface area contributed by atoms with Crippen LogP contribution in [0.15, 0.2) is 222 Å². The molecule has 9 aromatic rings. The van der Waals surface area contributed by atoms with Crippen molar-refractivity contribution in [3.05, 3.63) is 268 Å². The molecule has 0 bridgehead atoms. The number of ether oxygens (including phenoxy) is 4. The van der Waals surface area contributed by atoms with Crippen LogP contribution in [0.25, 0.3) is 0 Å². The third kappa shape index (κ3) is 12.9. The first-order chi connectivity index (χ1) is 37.9. The van der Waals surface area contributed by atoms with E-state index in [-0.39, 0.29) is 38.8 Å². The number of rotatable bonds is 21. The number of benzene rings is 9. The van der Waals surface area contributed by atoms with Crippen molar-refractivity contribution in [2.45, 2.75) is 48.3 Å². The number of carbonyl (C=O) groups is 3. The minimum atomic E-state index is -4.53. The number of ketones is 3. The van der Waals surface area contributed by atoms with Gasteiger partial charge in [0.15, 0.2) is 17.3 Å². The van der Waals surface area contributed by atoms with Gasteiger partial charge in [-0.2, -0.15) is 8.42 Å². The molecule has 9 aromatic carbocycles. The highest BCUT2D eigenvalue weighted by Gasteiger charge is 2.26. The normalized spacial score (nSPS) is 11.6. The van der Waals surface area contributed by atoms with E-state index in [1.54, 1.807) is 92.0 Å². The lowest BCUT2D eigenvalue weighted by Crippen LogP contribution is -2.18. The Morgan fingerprint density at radius 2 is 0.759 bits per heavy atom. The molecule has 15 heteroatoms. The minimum Gasteiger partial charge on any atom is -0.497 e. The molecule has 0 aliphatic carbocycles. The maximum atomic E-state index is 13.7. The van der Waals surface area contributed by atoms with E-state index >= 15 is 0 Å². The van der Waals surface area contributed by atoms with Gasteiger partial charge in [-0.05, 0) is 156 Å². The van der Waals surface area contributed by atoms with E-state index in [2.05, 4.69) is 61.3 Å². The lowest BCUT2D eigenvalue weighted by atomic mass is 9.78. The fourth-order valence-corrected chi connectivity index (χ4v) is 9.85. The van der Waals surface area contributed by atoms with Crippen molar-refractivity contribution in [2.75, 3.05) is 7.11 Å². The molecule has 13 nitrogen and oxygen atoms in total. The molecule has 0 heterocycles. The van der Waals surface area contributed by atoms with E-state index in [4.69, 9.17) is 24.2 Å². The summed E-state index contributed by atoms with van der Waals surface area (Å²) < 4.78 is 61.2. The van der Waals surface area contributed by atoms with E-state index in [1.807, 2.05) is 60.7 Å². The van der Waals surface area contributed by atoms with Gasteiger partial charge in [-0.15, -0.1) is 4.33 Å². The van der Waals surface area contributed by atoms with Crippen molar-refractivity contribution < 1.29 is 60.9 Å². The highest BCUT2D eigenvalue weighted by Crippen LogP contribution is 2.39. The van der Waals surface area contributed by atoms with Crippen LogP contribution in [0.2, 0.25) is 0 Å². The van der Waals surface area contributed by atoms with Gasteiger partial charge in [0, 0.05) is 44.2 Å². The molecule has 0 amide bonds. The van der Waals surface area contributed by atoms with Crippen LogP contribution in [0.1, 0.15) is 97.7 Å². The maximum Gasteiger partial charge on any atom is 0.294 e. The molecule has 398 valence electrons. The predicted octanol–water partition coefficient (Wildman–Crippen LogP) is 15.1. The molecular weight excluding hydrogens is 1040 g/mol. The van der Waals surface area contributed by atoms with Crippen molar-refractivity contribution in [3.8, 4) is 40.2 Å². The zero-order chi connectivity index (χ0) is 55.9. The summed E-state index contributed by atoms with van der Waals surface area (Å²) in [5, 5.41) is 12.6. The van der Waals surface area contributed by atoms with Gasteiger partial charge in [0.1, 0.15) is 40.2 Å². The minimum absolute atomic E-state index is 0.0210. The highest BCUT2D eigenvalue weighted by molar-refractivity contribution is 7.94. The van der Waals surface area contributed by atoms with Crippen LogP contribution in [0, 0.1) is 0 Å². The van der Waals surface area contributed by atoms with Crippen LogP contribution >= 0.6 is 12.0 Å². The molecule has 0 radical (unpaired) electrons. The average Bonchev–Trinajstić information content (AvgIpc) is 3.48. The van der Waals surface area contributed by atoms with Gasteiger partial charge in [-0.25, -0.2) is 5.26 Å². The summed E-state index contributed by atoms with van der Waals surface area (Å²) in [6, 6.07) is 61.1. The second-order valence-electron chi connectivity index (χ2n) is 19.4. The third-order valence-corrected chi connectivity index (χ3v) is 15.1. The SMILES string of the molecule is COc1ccc(C(C)(C)c2ccc(Oc3ccc(C(=O)c4cccc(C(=O)c5ccc(Oc6ccc(C(C)(C)c7ccc(Oc8ccc(C(=O)c9cccc(S(=O)(=O)O)c9)cc8SOOO)cc7)cc6)cc5)c4)cc3)cc2)cc1. The molecule has 0 aromatic heterocycles. The van der Waals surface area contributed by atoms with Crippen molar-refractivity contribution in [1.82, 2.24) is 0 Å². The number of hydrogen-bond donors (Lipinski definition) is 2. The molecule has 0 saturated carbocycles. The molecule has 0 atom stereocenters. The van der Waals surface area contributed by atoms with Crippen LogP contribution < -0.4 is 18.9 Å². The Kier molecular flexibility index (Phi) is 16.4. The molecule has 0 fully saturated rings. The summed E-state index contributed by atoms with van der Waals surface area (Å²) in [7, 11) is -2.88. The van der Waals surface area contributed by atoms with Crippen LogP contribution in [0.4, 0.5) is 0 Å².